The predicted molar refractivity (Wildman–Crippen MR) is 70.5 cm³/mol. The summed E-state index contributed by atoms with van der Waals surface area (Å²) in [6.45, 7) is 7.52. The van der Waals surface area contributed by atoms with Crippen molar-refractivity contribution in [1.29, 1.82) is 0 Å². The fourth-order valence-electron chi connectivity index (χ4n) is 1.97. The molecule has 0 radical (unpaired) electrons. The molecule has 0 heterocycles. The topological polar surface area (TPSA) is 30.5 Å². The zero-order chi connectivity index (χ0) is 12.7. The molecule has 0 aromatic heterocycles. The van der Waals surface area contributed by atoms with E-state index in [1.165, 1.54) is 5.56 Å². The third kappa shape index (κ3) is 4.02. The van der Waals surface area contributed by atoms with E-state index in [1.54, 1.807) is 0 Å². The summed E-state index contributed by atoms with van der Waals surface area (Å²) in [4.78, 5) is 0. The van der Waals surface area contributed by atoms with Gasteiger partial charge in [-0.3, -0.25) is 0 Å². The Morgan fingerprint density at radius 3 is 2.24 bits per heavy atom. The second-order valence-corrected chi connectivity index (χ2v) is 3.93. The Kier molecular flexibility index (Phi) is 6.01. The van der Waals surface area contributed by atoms with E-state index in [1.807, 2.05) is 33.0 Å². The molecule has 0 spiro atoms. The highest BCUT2D eigenvalue weighted by Crippen LogP contribution is 2.21. The minimum absolute atomic E-state index is 0.156. The van der Waals surface area contributed by atoms with Gasteiger partial charge in [0.25, 0.3) is 0 Å². The Labute approximate surface area is 104 Å². The summed E-state index contributed by atoms with van der Waals surface area (Å²) >= 11 is 0. The molecule has 0 aliphatic rings. The minimum Gasteiger partial charge on any atom is -0.494 e. The molecule has 0 amide bonds. The highest BCUT2D eigenvalue weighted by molar-refractivity contribution is 5.29. The maximum atomic E-state index is 5.63. The van der Waals surface area contributed by atoms with Crippen LogP contribution in [0.3, 0.4) is 0 Å². The van der Waals surface area contributed by atoms with E-state index < -0.39 is 0 Å². The van der Waals surface area contributed by atoms with Gasteiger partial charge in [-0.15, -0.1) is 0 Å². The van der Waals surface area contributed by atoms with Crippen molar-refractivity contribution in [3.8, 4) is 5.75 Å². The van der Waals surface area contributed by atoms with Gasteiger partial charge in [-0.05, 0) is 45.5 Å². The lowest BCUT2D eigenvalue weighted by molar-refractivity contribution is 0.0493. The number of benzene rings is 1. The molecule has 0 bridgehead atoms. The third-order valence-corrected chi connectivity index (χ3v) is 2.76. The van der Waals surface area contributed by atoms with E-state index >= 15 is 0 Å². The number of ether oxygens (including phenoxy) is 2. The lowest BCUT2D eigenvalue weighted by Gasteiger charge is -2.24. The Bertz CT molecular complexity index is 311. The van der Waals surface area contributed by atoms with Crippen molar-refractivity contribution in [2.75, 3.05) is 20.3 Å². The lowest BCUT2D eigenvalue weighted by atomic mass is 10.0. The molecule has 17 heavy (non-hydrogen) atoms. The maximum absolute atomic E-state index is 5.63. The zero-order valence-electron chi connectivity index (χ0n) is 11.2. The van der Waals surface area contributed by atoms with E-state index in [4.69, 9.17) is 9.47 Å². The van der Waals surface area contributed by atoms with Gasteiger partial charge in [0, 0.05) is 6.61 Å². The van der Waals surface area contributed by atoms with Gasteiger partial charge in [-0.2, -0.15) is 0 Å². The van der Waals surface area contributed by atoms with Crippen LogP contribution in [-0.2, 0) is 4.74 Å². The van der Waals surface area contributed by atoms with Gasteiger partial charge >= 0.3 is 0 Å². The van der Waals surface area contributed by atoms with Crippen molar-refractivity contribution in [3.63, 3.8) is 0 Å². The molecule has 0 fully saturated rings. The molecule has 0 saturated heterocycles. The quantitative estimate of drug-likeness (QED) is 0.791. The van der Waals surface area contributed by atoms with Gasteiger partial charge in [0.15, 0.2) is 0 Å². The first kappa shape index (κ1) is 14.0. The number of likely N-dealkylation sites (N-methyl/N-ethyl adjacent to an activating group) is 1. The average Bonchev–Trinajstić information content (AvgIpc) is 2.33. The van der Waals surface area contributed by atoms with Crippen LogP contribution in [0, 0.1) is 0 Å². The van der Waals surface area contributed by atoms with Crippen molar-refractivity contribution in [2.45, 2.75) is 32.9 Å². The second kappa shape index (κ2) is 7.30. The molecule has 1 rings (SSSR count). The monoisotopic (exact) mass is 237 g/mol. The first-order valence-corrected chi connectivity index (χ1v) is 6.24. The molecule has 1 aromatic carbocycles. The molecule has 96 valence electrons. The lowest BCUT2D eigenvalue weighted by Crippen LogP contribution is -2.29. The largest absolute Gasteiger partial charge is 0.494 e. The summed E-state index contributed by atoms with van der Waals surface area (Å²) < 4.78 is 11.1. The number of rotatable bonds is 7. The number of hydrogen-bond donors (Lipinski definition) is 1. The van der Waals surface area contributed by atoms with Gasteiger partial charge in [0.05, 0.1) is 18.8 Å². The normalized spacial score (nSPS) is 14.4. The standard InChI is InChI=1S/C14H23NO2/c1-5-16-11(3)14(15-4)12-7-9-13(10-8-12)17-6-2/h7-11,14-15H,5-6H2,1-4H3. The molecule has 3 nitrogen and oxygen atoms in total. The smallest absolute Gasteiger partial charge is 0.119 e. The molecule has 2 atom stereocenters. The van der Waals surface area contributed by atoms with Gasteiger partial charge in [0.1, 0.15) is 5.75 Å². The van der Waals surface area contributed by atoms with Crippen LogP contribution in [0.1, 0.15) is 32.4 Å². The summed E-state index contributed by atoms with van der Waals surface area (Å²) in [5.74, 6) is 0.912. The SMILES string of the molecule is CCOc1ccc(C(NC)C(C)OCC)cc1. The predicted octanol–water partition coefficient (Wildman–Crippen LogP) is 2.77. The van der Waals surface area contributed by atoms with Crippen LogP contribution in [0.15, 0.2) is 24.3 Å². The number of hydrogen-bond acceptors (Lipinski definition) is 3. The highest BCUT2D eigenvalue weighted by atomic mass is 16.5. The molecular weight excluding hydrogens is 214 g/mol. The third-order valence-electron chi connectivity index (χ3n) is 2.76. The molecule has 2 unspecified atom stereocenters. The van der Waals surface area contributed by atoms with Crippen molar-refractivity contribution >= 4 is 0 Å². The summed E-state index contributed by atoms with van der Waals surface area (Å²) in [6.07, 6.45) is 0.156. The van der Waals surface area contributed by atoms with Crippen molar-refractivity contribution in [1.82, 2.24) is 5.32 Å². The van der Waals surface area contributed by atoms with Crippen LogP contribution >= 0.6 is 0 Å². The fraction of sp³-hybridized carbons (Fsp3) is 0.571. The van der Waals surface area contributed by atoms with Crippen LogP contribution in [-0.4, -0.2) is 26.4 Å². The second-order valence-electron chi connectivity index (χ2n) is 3.93. The van der Waals surface area contributed by atoms with Gasteiger partial charge < -0.3 is 14.8 Å². The first-order chi connectivity index (χ1) is 8.22. The summed E-state index contributed by atoms with van der Waals surface area (Å²) in [5, 5.41) is 3.29. The van der Waals surface area contributed by atoms with Gasteiger partial charge in [-0.1, -0.05) is 12.1 Å². The van der Waals surface area contributed by atoms with Crippen molar-refractivity contribution < 1.29 is 9.47 Å². The van der Waals surface area contributed by atoms with E-state index in [2.05, 4.69) is 24.4 Å². The summed E-state index contributed by atoms with van der Waals surface area (Å²) in [7, 11) is 1.96. The van der Waals surface area contributed by atoms with Crippen LogP contribution in [0.5, 0.6) is 5.75 Å². The molecule has 0 saturated carbocycles. The van der Waals surface area contributed by atoms with Crippen molar-refractivity contribution in [3.05, 3.63) is 29.8 Å². The van der Waals surface area contributed by atoms with Gasteiger partial charge in [-0.25, -0.2) is 0 Å². The molecule has 3 heteroatoms. The van der Waals surface area contributed by atoms with Crippen LogP contribution < -0.4 is 10.1 Å². The minimum atomic E-state index is 0.156. The summed E-state index contributed by atoms with van der Waals surface area (Å²) in [5.41, 5.74) is 1.22. The number of nitrogens with one attached hydrogen (secondary N) is 1. The van der Waals surface area contributed by atoms with Crippen LogP contribution in [0.4, 0.5) is 0 Å². The zero-order valence-corrected chi connectivity index (χ0v) is 11.2. The van der Waals surface area contributed by atoms with Crippen molar-refractivity contribution in [2.24, 2.45) is 0 Å². The Morgan fingerprint density at radius 1 is 1.12 bits per heavy atom. The molecular formula is C14H23NO2. The first-order valence-electron chi connectivity index (χ1n) is 6.24. The molecule has 1 N–H and O–H groups in total. The Morgan fingerprint density at radius 2 is 1.76 bits per heavy atom. The van der Waals surface area contributed by atoms with Crippen LogP contribution in [0.2, 0.25) is 0 Å². The Balaban J connectivity index is 2.74. The maximum Gasteiger partial charge on any atom is 0.119 e. The highest BCUT2D eigenvalue weighted by Gasteiger charge is 2.17. The summed E-state index contributed by atoms with van der Waals surface area (Å²) in [6, 6.07) is 8.39. The fourth-order valence-corrected chi connectivity index (χ4v) is 1.97. The van der Waals surface area contributed by atoms with E-state index in [-0.39, 0.29) is 12.1 Å². The van der Waals surface area contributed by atoms with Crippen LogP contribution in [0.25, 0.3) is 0 Å². The van der Waals surface area contributed by atoms with Gasteiger partial charge in [0.2, 0.25) is 0 Å². The molecule has 0 aliphatic carbocycles. The average molecular weight is 237 g/mol. The van der Waals surface area contributed by atoms with E-state index in [0.717, 1.165) is 12.4 Å². The molecule has 1 aromatic rings. The van der Waals surface area contributed by atoms with E-state index in [0.29, 0.717) is 6.61 Å². The molecule has 0 aliphatic heterocycles. The Hall–Kier alpha value is -1.06. The van der Waals surface area contributed by atoms with E-state index in [9.17, 15) is 0 Å².